The van der Waals surface area contributed by atoms with Crippen LogP contribution in [0.3, 0.4) is 0 Å². The standard InChI is InChI=1S/C38H36N2O6S/c1-6-44-37(42)34-24(4)39-38-40(35(34)27-18-19-31(46-23(2)3)32(20-27)43-5)36(41)33(47-38)21-26-13-8-10-17-30(26)45-22-28-15-11-14-25-12-7-9-16-29(25)28/h7-21,23,35H,6,22H2,1-5H3/b33-21+/t35-/m0/s1. The van der Waals surface area contributed by atoms with E-state index >= 15 is 0 Å². The van der Waals surface area contributed by atoms with Gasteiger partial charge in [-0.05, 0) is 73.9 Å². The summed E-state index contributed by atoms with van der Waals surface area (Å²) in [6.07, 6.45) is 1.76. The smallest absolute Gasteiger partial charge is 0.338 e. The second-order valence-corrected chi connectivity index (χ2v) is 12.4. The molecule has 1 aliphatic rings. The number of benzene rings is 4. The third-order valence-electron chi connectivity index (χ3n) is 7.85. The zero-order chi connectivity index (χ0) is 33.1. The molecule has 0 unspecified atom stereocenters. The summed E-state index contributed by atoms with van der Waals surface area (Å²) in [5, 5.41) is 2.28. The van der Waals surface area contributed by atoms with Crippen LogP contribution in [-0.2, 0) is 16.1 Å². The zero-order valence-corrected chi connectivity index (χ0v) is 27.8. The first-order valence-corrected chi connectivity index (χ1v) is 16.3. The number of allylic oxidation sites excluding steroid dienone is 1. The molecule has 0 aliphatic carbocycles. The van der Waals surface area contributed by atoms with E-state index < -0.39 is 12.0 Å². The second-order valence-electron chi connectivity index (χ2n) is 11.3. The molecule has 9 heteroatoms. The molecule has 1 atom stereocenters. The van der Waals surface area contributed by atoms with Crippen molar-refractivity contribution < 1.29 is 23.7 Å². The molecule has 0 N–H and O–H groups in total. The topological polar surface area (TPSA) is 88.4 Å². The maximum atomic E-state index is 14.2. The van der Waals surface area contributed by atoms with Crippen molar-refractivity contribution in [1.82, 2.24) is 4.57 Å². The van der Waals surface area contributed by atoms with Crippen LogP contribution in [0.15, 0.2) is 106 Å². The van der Waals surface area contributed by atoms with Crippen molar-refractivity contribution >= 4 is 34.2 Å². The van der Waals surface area contributed by atoms with E-state index in [0.29, 0.717) is 50.0 Å². The number of hydrogen-bond acceptors (Lipinski definition) is 8. The molecule has 0 radical (unpaired) electrons. The number of aromatic nitrogens is 1. The van der Waals surface area contributed by atoms with E-state index in [1.54, 1.807) is 37.7 Å². The van der Waals surface area contributed by atoms with Crippen LogP contribution in [0.2, 0.25) is 0 Å². The van der Waals surface area contributed by atoms with Gasteiger partial charge >= 0.3 is 5.97 Å². The predicted molar refractivity (Wildman–Crippen MR) is 184 cm³/mol. The van der Waals surface area contributed by atoms with Crippen LogP contribution in [0.5, 0.6) is 17.2 Å². The molecule has 8 nitrogen and oxygen atoms in total. The van der Waals surface area contributed by atoms with Crippen molar-refractivity contribution in [1.29, 1.82) is 0 Å². The van der Waals surface area contributed by atoms with Gasteiger partial charge in [0.15, 0.2) is 16.3 Å². The summed E-state index contributed by atoms with van der Waals surface area (Å²) in [5.74, 6) is 1.18. The van der Waals surface area contributed by atoms with Crippen LogP contribution < -0.4 is 29.1 Å². The van der Waals surface area contributed by atoms with Gasteiger partial charge in [0.25, 0.3) is 5.56 Å². The molecule has 0 fully saturated rings. The number of rotatable bonds is 10. The first kappa shape index (κ1) is 31.8. The van der Waals surface area contributed by atoms with Crippen LogP contribution in [0, 0.1) is 0 Å². The van der Waals surface area contributed by atoms with Gasteiger partial charge in [0.05, 0.1) is 41.7 Å². The molecule has 0 bridgehead atoms. The second kappa shape index (κ2) is 13.7. The first-order valence-electron chi connectivity index (χ1n) is 15.5. The maximum absolute atomic E-state index is 14.2. The van der Waals surface area contributed by atoms with Crippen LogP contribution in [-0.4, -0.2) is 30.4 Å². The summed E-state index contributed by atoms with van der Waals surface area (Å²) in [4.78, 5) is 32.8. The Morgan fingerprint density at radius 3 is 2.53 bits per heavy atom. The minimum absolute atomic E-state index is 0.0662. The van der Waals surface area contributed by atoms with Crippen LogP contribution in [0.25, 0.3) is 16.8 Å². The molecular weight excluding hydrogens is 612 g/mol. The summed E-state index contributed by atoms with van der Waals surface area (Å²) in [5.41, 5.74) is 3.00. The van der Waals surface area contributed by atoms with E-state index in [1.807, 2.05) is 68.5 Å². The largest absolute Gasteiger partial charge is 0.493 e. The van der Waals surface area contributed by atoms with Gasteiger partial charge in [-0.3, -0.25) is 9.36 Å². The lowest BCUT2D eigenvalue weighted by molar-refractivity contribution is -0.139. The Kier molecular flexibility index (Phi) is 9.26. The predicted octanol–water partition coefficient (Wildman–Crippen LogP) is 6.33. The highest BCUT2D eigenvalue weighted by molar-refractivity contribution is 7.07. The minimum Gasteiger partial charge on any atom is -0.493 e. The number of ether oxygens (including phenoxy) is 4. The number of nitrogens with zero attached hydrogens (tertiary/aromatic N) is 2. The van der Waals surface area contributed by atoms with Gasteiger partial charge in [-0.2, -0.15) is 0 Å². The molecule has 1 aliphatic heterocycles. The molecule has 4 aromatic carbocycles. The molecule has 1 aromatic heterocycles. The lowest BCUT2D eigenvalue weighted by Gasteiger charge is -2.25. The number of para-hydroxylation sites is 1. The molecule has 47 heavy (non-hydrogen) atoms. The Morgan fingerprint density at radius 2 is 1.74 bits per heavy atom. The van der Waals surface area contributed by atoms with Gasteiger partial charge in [-0.25, -0.2) is 9.79 Å². The summed E-state index contributed by atoms with van der Waals surface area (Å²) >= 11 is 1.26. The van der Waals surface area contributed by atoms with Gasteiger partial charge in [0.1, 0.15) is 12.4 Å². The molecule has 0 saturated carbocycles. The quantitative estimate of drug-likeness (QED) is 0.165. The summed E-state index contributed by atoms with van der Waals surface area (Å²) in [6.45, 7) is 7.94. The van der Waals surface area contributed by atoms with E-state index in [2.05, 4.69) is 24.3 Å². The molecule has 0 spiro atoms. The number of carbonyl (C=O) groups is 1. The Labute approximate surface area is 276 Å². The highest BCUT2D eigenvalue weighted by Gasteiger charge is 2.34. The fourth-order valence-electron chi connectivity index (χ4n) is 5.76. The third kappa shape index (κ3) is 6.44. The van der Waals surface area contributed by atoms with Crippen molar-refractivity contribution in [3.63, 3.8) is 0 Å². The lowest BCUT2D eigenvalue weighted by Crippen LogP contribution is -2.40. The molecule has 0 amide bonds. The Bertz CT molecular complexity index is 2170. The van der Waals surface area contributed by atoms with Gasteiger partial charge in [-0.15, -0.1) is 0 Å². The molecule has 5 aromatic rings. The Morgan fingerprint density at radius 1 is 0.979 bits per heavy atom. The number of methoxy groups -OCH3 is 1. The highest BCUT2D eigenvalue weighted by atomic mass is 32.1. The van der Waals surface area contributed by atoms with E-state index in [1.165, 1.54) is 11.3 Å². The summed E-state index contributed by atoms with van der Waals surface area (Å²) < 4.78 is 25.4. The Balaban J connectivity index is 1.43. The van der Waals surface area contributed by atoms with E-state index in [4.69, 9.17) is 23.9 Å². The third-order valence-corrected chi connectivity index (χ3v) is 8.83. The summed E-state index contributed by atoms with van der Waals surface area (Å²) in [7, 11) is 1.56. The number of thiazole rings is 1. The number of fused-ring (bicyclic) bond motifs is 2. The minimum atomic E-state index is -0.785. The van der Waals surface area contributed by atoms with Gasteiger partial charge in [0, 0.05) is 5.56 Å². The van der Waals surface area contributed by atoms with Crippen molar-refractivity contribution in [3.05, 3.63) is 133 Å². The van der Waals surface area contributed by atoms with Gasteiger partial charge < -0.3 is 18.9 Å². The number of esters is 1. The maximum Gasteiger partial charge on any atom is 0.338 e. The SMILES string of the molecule is CCOC(=O)C1=C(C)N=c2s/c(=C/c3ccccc3OCc3cccc4ccccc34)c(=O)n2[C@H]1c1ccc(OC(C)C)c(OC)c1. The van der Waals surface area contributed by atoms with Crippen molar-refractivity contribution in [3.8, 4) is 17.2 Å². The van der Waals surface area contributed by atoms with Crippen LogP contribution >= 0.6 is 11.3 Å². The average Bonchev–Trinajstić information content (AvgIpc) is 3.37. The average molecular weight is 649 g/mol. The fraction of sp³-hybridized carbons (Fsp3) is 0.237. The normalized spacial score (nSPS) is 14.6. The first-order chi connectivity index (χ1) is 22.8. The van der Waals surface area contributed by atoms with E-state index in [9.17, 15) is 9.59 Å². The molecule has 2 heterocycles. The van der Waals surface area contributed by atoms with Crippen molar-refractivity contribution in [2.45, 2.75) is 46.4 Å². The number of carbonyl (C=O) groups excluding carboxylic acids is 1. The Hall–Kier alpha value is -5.15. The molecule has 240 valence electrons. The van der Waals surface area contributed by atoms with E-state index in [-0.39, 0.29) is 18.3 Å². The van der Waals surface area contributed by atoms with Gasteiger partial charge in [0.2, 0.25) is 0 Å². The van der Waals surface area contributed by atoms with Crippen LogP contribution in [0.4, 0.5) is 0 Å². The highest BCUT2D eigenvalue weighted by Crippen LogP contribution is 2.36. The van der Waals surface area contributed by atoms with Crippen molar-refractivity contribution in [2.75, 3.05) is 13.7 Å². The van der Waals surface area contributed by atoms with Crippen molar-refractivity contribution in [2.24, 2.45) is 4.99 Å². The zero-order valence-electron chi connectivity index (χ0n) is 27.0. The lowest BCUT2D eigenvalue weighted by atomic mass is 9.95. The number of hydrogen-bond donors (Lipinski definition) is 0. The molecule has 6 rings (SSSR count). The summed E-state index contributed by atoms with van der Waals surface area (Å²) in [6, 6.07) is 26.7. The fourth-order valence-corrected chi connectivity index (χ4v) is 6.80. The van der Waals surface area contributed by atoms with E-state index in [0.717, 1.165) is 21.9 Å². The van der Waals surface area contributed by atoms with Gasteiger partial charge in [-0.1, -0.05) is 78.1 Å². The molecular formula is C38H36N2O6S. The monoisotopic (exact) mass is 648 g/mol. The van der Waals surface area contributed by atoms with Crippen LogP contribution in [0.1, 0.15) is 50.4 Å². The molecule has 0 saturated heterocycles.